The van der Waals surface area contributed by atoms with E-state index >= 15 is 0 Å². The van der Waals surface area contributed by atoms with E-state index in [1.165, 1.54) is 12.4 Å². The Labute approximate surface area is 155 Å². The van der Waals surface area contributed by atoms with Crippen molar-refractivity contribution in [3.8, 4) is 0 Å². The van der Waals surface area contributed by atoms with Gasteiger partial charge in [-0.1, -0.05) is 0 Å². The molecule has 0 saturated carbocycles. The van der Waals surface area contributed by atoms with Gasteiger partial charge < -0.3 is 25.6 Å². The molecule has 1 saturated heterocycles. The molecule has 1 aliphatic rings. The van der Waals surface area contributed by atoms with Crippen LogP contribution < -0.4 is 20.9 Å². The fourth-order valence-electron chi connectivity index (χ4n) is 2.62. The zero-order valence-corrected chi connectivity index (χ0v) is 14.8. The lowest BCUT2D eigenvalue weighted by Gasteiger charge is -2.34. The molecule has 27 heavy (non-hydrogen) atoms. The van der Waals surface area contributed by atoms with Gasteiger partial charge in [-0.15, -0.1) is 0 Å². The number of carbonyl (C=O) groups is 2. The monoisotopic (exact) mass is 372 g/mol. The molecule has 2 aromatic rings. The molecule has 3 heterocycles. The minimum absolute atomic E-state index is 0.0641. The summed E-state index contributed by atoms with van der Waals surface area (Å²) < 4.78 is 4.99. The van der Waals surface area contributed by atoms with Gasteiger partial charge in [0.05, 0.1) is 24.7 Å². The van der Waals surface area contributed by atoms with Crippen molar-refractivity contribution in [1.29, 1.82) is 0 Å². The topological polar surface area (TPSA) is 139 Å². The molecule has 0 atom stereocenters. The summed E-state index contributed by atoms with van der Waals surface area (Å²) in [4.78, 5) is 43.9. The Balaban J connectivity index is 1.77. The molecule has 142 valence electrons. The molecule has 0 aliphatic carbocycles. The second kappa shape index (κ2) is 8.36. The quantitative estimate of drug-likeness (QED) is 0.602. The van der Waals surface area contributed by atoms with Gasteiger partial charge in [-0.05, 0) is 0 Å². The highest BCUT2D eigenvalue weighted by atomic mass is 16.5. The summed E-state index contributed by atoms with van der Waals surface area (Å²) in [6.07, 6.45) is 4.58. The molecule has 2 amide bonds. The molecule has 11 heteroatoms. The molecule has 0 radical (unpaired) electrons. The Hall–Kier alpha value is -3.34. The Morgan fingerprint density at radius 3 is 2.74 bits per heavy atom. The van der Waals surface area contributed by atoms with Crippen LogP contribution >= 0.6 is 0 Å². The van der Waals surface area contributed by atoms with Gasteiger partial charge in [0, 0.05) is 32.8 Å². The molecule has 3 rings (SSSR count). The first-order valence-corrected chi connectivity index (χ1v) is 8.30. The van der Waals surface area contributed by atoms with Gasteiger partial charge >= 0.3 is 0 Å². The Morgan fingerprint density at radius 1 is 1.30 bits per heavy atom. The van der Waals surface area contributed by atoms with Gasteiger partial charge in [0.15, 0.2) is 0 Å². The summed E-state index contributed by atoms with van der Waals surface area (Å²) in [5, 5.41) is 3.04. The Kier molecular flexibility index (Phi) is 5.71. The first-order valence-electron chi connectivity index (χ1n) is 8.30. The highest BCUT2D eigenvalue weighted by Gasteiger charge is 2.27. The molecule has 1 fully saturated rings. The van der Waals surface area contributed by atoms with Crippen molar-refractivity contribution < 1.29 is 14.3 Å². The SMILES string of the molecule is COCCNc1cc(C(N)=O)nc(N2CCN(c3cncnc3)C(=O)C2)n1. The smallest absolute Gasteiger partial charge is 0.267 e. The predicted octanol–water partition coefficient (Wildman–Crippen LogP) is -0.723. The third-order valence-corrected chi connectivity index (χ3v) is 3.94. The number of primary amides is 1. The van der Waals surface area contributed by atoms with Crippen molar-refractivity contribution >= 4 is 29.3 Å². The van der Waals surface area contributed by atoms with Gasteiger partial charge in [0.25, 0.3) is 5.91 Å². The van der Waals surface area contributed by atoms with Crippen LogP contribution in [-0.2, 0) is 9.53 Å². The zero-order chi connectivity index (χ0) is 19.2. The number of rotatable bonds is 7. The molecule has 0 unspecified atom stereocenters. The molecular formula is C16H20N8O3. The lowest BCUT2D eigenvalue weighted by molar-refractivity contribution is -0.117. The van der Waals surface area contributed by atoms with Gasteiger partial charge in [0.2, 0.25) is 11.9 Å². The van der Waals surface area contributed by atoms with Gasteiger partial charge in [-0.3, -0.25) is 9.59 Å². The average molecular weight is 372 g/mol. The highest BCUT2D eigenvalue weighted by Crippen LogP contribution is 2.19. The standard InChI is InChI=1S/C16H20N8O3/c1-27-5-2-20-13-6-12(15(17)26)21-16(22-13)23-3-4-24(14(25)9-23)11-7-18-10-19-8-11/h6-8,10H,2-5,9H2,1H3,(H2,17,26)(H,20,21,22). The minimum Gasteiger partial charge on any atom is -0.383 e. The number of nitrogens with one attached hydrogen (secondary N) is 1. The molecule has 2 aromatic heterocycles. The van der Waals surface area contributed by atoms with E-state index in [0.29, 0.717) is 37.7 Å². The van der Waals surface area contributed by atoms with E-state index in [-0.39, 0.29) is 24.1 Å². The zero-order valence-electron chi connectivity index (χ0n) is 14.8. The summed E-state index contributed by atoms with van der Waals surface area (Å²) in [5.41, 5.74) is 6.08. The van der Waals surface area contributed by atoms with Crippen LogP contribution in [0.4, 0.5) is 17.5 Å². The number of piperazine rings is 1. The van der Waals surface area contributed by atoms with Crippen LogP contribution in [0.25, 0.3) is 0 Å². The molecule has 0 aromatic carbocycles. The molecular weight excluding hydrogens is 352 g/mol. The summed E-state index contributed by atoms with van der Waals surface area (Å²) >= 11 is 0. The van der Waals surface area contributed by atoms with E-state index in [1.54, 1.807) is 29.3 Å². The summed E-state index contributed by atoms with van der Waals surface area (Å²) in [6.45, 7) is 1.95. The third-order valence-electron chi connectivity index (χ3n) is 3.94. The molecule has 0 spiro atoms. The van der Waals surface area contributed by atoms with Crippen LogP contribution in [0.15, 0.2) is 24.8 Å². The van der Waals surface area contributed by atoms with E-state index in [0.717, 1.165) is 0 Å². The van der Waals surface area contributed by atoms with Crippen LogP contribution in [0.5, 0.6) is 0 Å². The molecule has 1 aliphatic heterocycles. The highest BCUT2D eigenvalue weighted by molar-refractivity contribution is 5.97. The second-order valence-corrected chi connectivity index (χ2v) is 5.79. The van der Waals surface area contributed by atoms with Crippen molar-refractivity contribution in [2.75, 3.05) is 55.0 Å². The van der Waals surface area contributed by atoms with Crippen LogP contribution in [0.1, 0.15) is 10.5 Å². The first-order chi connectivity index (χ1) is 13.1. The Morgan fingerprint density at radius 2 is 2.07 bits per heavy atom. The largest absolute Gasteiger partial charge is 0.383 e. The number of nitrogens with zero attached hydrogens (tertiary/aromatic N) is 6. The fourth-order valence-corrected chi connectivity index (χ4v) is 2.62. The molecule has 11 nitrogen and oxygen atoms in total. The normalized spacial score (nSPS) is 14.3. The van der Waals surface area contributed by atoms with Crippen molar-refractivity contribution in [2.45, 2.75) is 0 Å². The average Bonchev–Trinajstić information content (AvgIpc) is 2.68. The molecule has 0 bridgehead atoms. The van der Waals surface area contributed by atoms with Crippen LogP contribution in [0.2, 0.25) is 0 Å². The summed E-state index contributed by atoms with van der Waals surface area (Å²) in [6, 6.07) is 1.47. The van der Waals surface area contributed by atoms with Crippen molar-refractivity contribution in [1.82, 2.24) is 19.9 Å². The summed E-state index contributed by atoms with van der Waals surface area (Å²) in [7, 11) is 1.59. The number of methoxy groups -OCH3 is 1. The van der Waals surface area contributed by atoms with Crippen LogP contribution in [0.3, 0.4) is 0 Å². The maximum atomic E-state index is 12.5. The number of carbonyl (C=O) groups excluding carboxylic acids is 2. The van der Waals surface area contributed by atoms with E-state index in [1.807, 2.05) is 0 Å². The second-order valence-electron chi connectivity index (χ2n) is 5.79. The lowest BCUT2D eigenvalue weighted by Crippen LogP contribution is -2.51. The van der Waals surface area contributed by atoms with Crippen molar-refractivity contribution in [2.24, 2.45) is 5.73 Å². The number of hydrogen-bond donors (Lipinski definition) is 2. The molecule has 3 N–H and O–H groups in total. The number of hydrogen-bond acceptors (Lipinski definition) is 9. The van der Waals surface area contributed by atoms with E-state index in [4.69, 9.17) is 10.5 Å². The Bertz CT molecular complexity index is 817. The number of anilines is 3. The van der Waals surface area contributed by atoms with Crippen molar-refractivity contribution in [3.05, 3.63) is 30.5 Å². The summed E-state index contributed by atoms with van der Waals surface area (Å²) in [5.74, 6) is -0.0985. The predicted molar refractivity (Wildman–Crippen MR) is 97.5 cm³/mol. The fraction of sp³-hybridized carbons (Fsp3) is 0.375. The van der Waals surface area contributed by atoms with Gasteiger partial charge in [-0.25, -0.2) is 15.0 Å². The number of ether oxygens (including phenoxy) is 1. The van der Waals surface area contributed by atoms with E-state index < -0.39 is 5.91 Å². The van der Waals surface area contributed by atoms with E-state index in [9.17, 15) is 9.59 Å². The number of nitrogens with two attached hydrogens (primary N) is 1. The number of amides is 2. The van der Waals surface area contributed by atoms with Gasteiger partial charge in [0.1, 0.15) is 24.4 Å². The van der Waals surface area contributed by atoms with Crippen molar-refractivity contribution in [3.63, 3.8) is 0 Å². The maximum Gasteiger partial charge on any atom is 0.267 e. The van der Waals surface area contributed by atoms with Crippen LogP contribution in [0, 0.1) is 0 Å². The minimum atomic E-state index is -0.667. The maximum absolute atomic E-state index is 12.5. The number of aromatic nitrogens is 4. The van der Waals surface area contributed by atoms with Gasteiger partial charge in [-0.2, -0.15) is 4.98 Å². The first kappa shape index (κ1) is 18.5. The lowest BCUT2D eigenvalue weighted by atomic mass is 10.3. The van der Waals surface area contributed by atoms with E-state index in [2.05, 4.69) is 25.3 Å². The van der Waals surface area contributed by atoms with Crippen LogP contribution in [-0.4, -0.2) is 71.6 Å². The third kappa shape index (κ3) is 4.44.